The predicted octanol–water partition coefficient (Wildman–Crippen LogP) is 4.07. The lowest BCUT2D eigenvalue weighted by Crippen LogP contribution is -2.26. The van der Waals surface area contributed by atoms with Gasteiger partial charge in [0.25, 0.3) is 5.56 Å². The normalized spacial score (nSPS) is 11.1. The zero-order valence-electron chi connectivity index (χ0n) is 14.9. The van der Waals surface area contributed by atoms with Crippen molar-refractivity contribution in [2.75, 3.05) is 13.2 Å². The van der Waals surface area contributed by atoms with E-state index in [4.69, 9.17) is 37.1 Å². The van der Waals surface area contributed by atoms with Crippen molar-refractivity contribution in [3.8, 4) is 5.75 Å². The third-order valence-electron chi connectivity index (χ3n) is 4.15. The number of benzene rings is 2. The van der Waals surface area contributed by atoms with Crippen LogP contribution < -0.4 is 10.3 Å². The number of carbonyl (C=O) groups excluding carboxylic acids is 1. The number of para-hydroxylation sites is 1. The van der Waals surface area contributed by atoms with Crippen molar-refractivity contribution in [1.82, 2.24) is 9.55 Å². The van der Waals surface area contributed by atoms with Crippen molar-refractivity contribution >= 4 is 51.2 Å². The Labute approximate surface area is 174 Å². The van der Waals surface area contributed by atoms with Gasteiger partial charge in [-0.3, -0.25) is 14.2 Å². The fourth-order valence-electron chi connectivity index (χ4n) is 2.81. The zero-order chi connectivity index (χ0) is 20.4. The van der Waals surface area contributed by atoms with Crippen LogP contribution >= 0.6 is 23.2 Å². The number of furan rings is 1. The molecule has 0 fully saturated rings. The number of fused-ring (bicyclic) bond motifs is 3. The first-order valence-corrected chi connectivity index (χ1v) is 9.38. The lowest BCUT2D eigenvalue weighted by atomic mass is 10.2. The summed E-state index contributed by atoms with van der Waals surface area (Å²) in [5.74, 6) is -0.168. The minimum atomic E-state index is -0.602. The SMILES string of the molecule is O=C(Cn1cnc2c(oc3ccccc32)c1=O)OCCOc1ccc(Cl)cc1Cl. The number of halogens is 2. The number of nitrogens with zero attached hydrogens (tertiary/aromatic N) is 2. The maximum Gasteiger partial charge on any atom is 0.326 e. The molecule has 4 aromatic rings. The first kappa shape index (κ1) is 19.3. The van der Waals surface area contributed by atoms with Gasteiger partial charge in [-0.1, -0.05) is 35.3 Å². The summed E-state index contributed by atoms with van der Waals surface area (Å²) in [6.45, 7) is -0.198. The summed E-state index contributed by atoms with van der Waals surface area (Å²) < 4.78 is 17.3. The van der Waals surface area contributed by atoms with Crippen LogP contribution in [0.2, 0.25) is 10.0 Å². The van der Waals surface area contributed by atoms with Crippen LogP contribution in [0.1, 0.15) is 0 Å². The fraction of sp³-hybridized carbons (Fsp3) is 0.150. The van der Waals surface area contributed by atoms with E-state index in [1.165, 1.54) is 6.33 Å². The molecule has 2 aromatic heterocycles. The van der Waals surface area contributed by atoms with E-state index in [9.17, 15) is 9.59 Å². The quantitative estimate of drug-likeness (QED) is 0.337. The first-order chi connectivity index (χ1) is 14.0. The van der Waals surface area contributed by atoms with Gasteiger partial charge >= 0.3 is 5.97 Å². The van der Waals surface area contributed by atoms with E-state index < -0.39 is 11.5 Å². The molecule has 7 nitrogen and oxygen atoms in total. The molecule has 2 aromatic carbocycles. The number of carbonyl (C=O) groups is 1. The molecule has 9 heteroatoms. The number of ether oxygens (including phenoxy) is 2. The van der Waals surface area contributed by atoms with Gasteiger partial charge in [0.15, 0.2) is 0 Å². The predicted molar refractivity (Wildman–Crippen MR) is 109 cm³/mol. The molecule has 0 atom stereocenters. The minimum absolute atomic E-state index is 0.00709. The third-order valence-corrected chi connectivity index (χ3v) is 4.68. The summed E-state index contributed by atoms with van der Waals surface area (Å²) in [5.41, 5.74) is 0.670. The van der Waals surface area contributed by atoms with E-state index in [0.29, 0.717) is 26.9 Å². The largest absolute Gasteiger partial charge is 0.488 e. The molecule has 0 saturated heterocycles. The topological polar surface area (TPSA) is 83.6 Å². The van der Waals surface area contributed by atoms with Crippen LogP contribution in [0, 0.1) is 0 Å². The van der Waals surface area contributed by atoms with Crippen LogP contribution in [0.15, 0.2) is 58.0 Å². The molecule has 4 rings (SSSR count). The highest BCUT2D eigenvalue weighted by Gasteiger charge is 2.15. The average molecular weight is 433 g/mol. The Morgan fingerprint density at radius 1 is 1.14 bits per heavy atom. The van der Waals surface area contributed by atoms with Crippen molar-refractivity contribution in [2.24, 2.45) is 0 Å². The van der Waals surface area contributed by atoms with Gasteiger partial charge in [0.2, 0.25) is 5.58 Å². The van der Waals surface area contributed by atoms with E-state index in [1.807, 2.05) is 12.1 Å². The summed E-state index contributed by atoms with van der Waals surface area (Å²) in [6.07, 6.45) is 1.30. The summed E-state index contributed by atoms with van der Waals surface area (Å²) in [6, 6.07) is 12.0. The fourth-order valence-corrected chi connectivity index (χ4v) is 3.28. The molecule has 0 aliphatic carbocycles. The molecule has 148 valence electrons. The van der Waals surface area contributed by atoms with Crippen molar-refractivity contribution in [1.29, 1.82) is 0 Å². The maximum atomic E-state index is 12.6. The molecule has 0 unspecified atom stereocenters. The Kier molecular flexibility index (Phi) is 5.42. The Morgan fingerprint density at radius 2 is 1.97 bits per heavy atom. The highest BCUT2D eigenvalue weighted by molar-refractivity contribution is 6.35. The average Bonchev–Trinajstić information content (AvgIpc) is 3.08. The van der Waals surface area contributed by atoms with Crippen LogP contribution in [0.5, 0.6) is 5.75 Å². The van der Waals surface area contributed by atoms with Gasteiger partial charge in [-0.2, -0.15) is 0 Å². The van der Waals surface area contributed by atoms with Gasteiger partial charge in [-0.25, -0.2) is 4.98 Å². The molecule has 0 N–H and O–H groups in total. The Morgan fingerprint density at radius 3 is 2.79 bits per heavy atom. The van der Waals surface area contributed by atoms with Crippen molar-refractivity contribution in [3.05, 3.63) is 69.2 Å². The zero-order valence-corrected chi connectivity index (χ0v) is 16.4. The number of hydrogen-bond acceptors (Lipinski definition) is 6. The lowest BCUT2D eigenvalue weighted by molar-refractivity contribution is -0.145. The van der Waals surface area contributed by atoms with Crippen LogP contribution in [0.3, 0.4) is 0 Å². The molecule has 0 aliphatic heterocycles. The van der Waals surface area contributed by atoms with Gasteiger partial charge in [0.05, 0.1) is 11.3 Å². The monoisotopic (exact) mass is 432 g/mol. The van der Waals surface area contributed by atoms with Crippen molar-refractivity contribution < 1.29 is 18.7 Å². The second kappa shape index (κ2) is 8.14. The van der Waals surface area contributed by atoms with Gasteiger partial charge in [0, 0.05) is 10.4 Å². The lowest BCUT2D eigenvalue weighted by Gasteiger charge is -2.09. The number of aromatic nitrogens is 2. The van der Waals surface area contributed by atoms with Gasteiger partial charge in [0.1, 0.15) is 36.6 Å². The molecule has 0 spiro atoms. The van der Waals surface area contributed by atoms with Gasteiger partial charge in [-0.15, -0.1) is 0 Å². The Hall–Kier alpha value is -3.03. The molecular formula is C20H14Cl2N2O5. The van der Waals surface area contributed by atoms with E-state index in [2.05, 4.69) is 4.98 Å². The van der Waals surface area contributed by atoms with Crippen LogP contribution in [-0.2, 0) is 16.1 Å². The first-order valence-electron chi connectivity index (χ1n) is 8.63. The smallest absolute Gasteiger partial charge is 0.326 e. The van der Waals surface area contributed by atoms with E-state index in [-0.39, 0.29) is 25.3 Å². The number of rotatable bonds is 6. The molecule has 0 radical (unpaired) electrons. The summed E-state index contributed by atoms with van der Waals surface area (Å²) >= 11 is 11.8. The second-order valence-electron chi connectivity index (χ2n) is 6.10. The van der Waals surface area contributed by atoms with Crippen molar-refractivity contribution in [2.45, 2.75) is 6.54 Å². The van der Waals surface area contributed by atoms with E-state index >= 15 is 0 Å². The van der Waals surface area contributed by atoms with Gasteiger partial charge < -0.3 is 13.9 Å². The number of hydrogen-bond donors (Lipinski definition) is 0. The standard InChI is InChI=1S/C20H14Cl2N2O5/c21-12-5-6-16(14(22)9-12)27-7-8-28-17(25)10-24-11-23-18-13-3-1-2-4-15(13)29-19(18)20(24)26/h1-6,9,11H,7-8,10H2. The summed E-state index contributed by atoms with van der Waals surface area (Å²) in [7, 11) is 0. The Balaban J connectivity index is 1.38. The van der Waals surface area contributed by atoms with Crippen LogP contribution in [-0.4, -0.2) is 28.7 Å². The maximum absolute atomic E-state index is 12.6. The molecular weight excluding hydrogens is 419 g/mol. The van der Waals surface area contributed by atoms with Crippen LogP contribution in [0.25, 0.3) is 22.1 Å². The second-order valence-corrected chi connectivity index (χ2v) is 6.94. The number of esters is 1. The van der Waals surface area contributed by atoms with Gasteiger partial charge in [-0.05, 0) is 30.3 Å². The highest BCUT2D eigenvalue weighted by atomic mass is 35.5. The van der Waals surface area contributed by atoms with Crippen molar-refractivity contribution in [3.63, 3.8) is 0 Å². The molecule has 2 heterocycles. The summed E-state index contributed by atoms with van der Waals surface area (Å²) in [4.78, 5) is 28.9. The van der Waals surface area contributed by atoms with E-state index in [1.54, 1.807) is 30.3 Å². The minimum Gasteiger partial charge on any atom is -0.488 e. The Bertz CT molecular complexity index is 1260. The third kappa shape index (κ3) is 4.06. The molecule has 29 heavy (non-hydrogen) atoms. The van der Waals surface area contributed by atoms with Crippen LogP contribution in [0.4, 0.5) is 0 Å². The molecule has 0 amide bonds. The highest BCUT2D eigenvalue weighted by Crippen LogP contribution is 2.27. The molecule has 0 aliphatic rings. The molecule has 0 bridgehead atoms. The summed E-state index contributed by atoms with van der Waals surface area (Å²) in [5, 5.41) is 1.60. The molecule has 0 saturated carbocycles. The van der Waals surface area contributed by atoms with E-state index in [0.717, 1.165) is 9.95 Å².